The summed E-state index contributed by atoms with van der Waals surface area (Å²) in [5.74, 6) is -0.367. The summed E-state index contributed by atoms with van der Waals surface area (Å²) in [5, 5.41) is 13.2. The Kier molecular flexibility index (Phi) is 4.70. The molecule has 2 aromatic rings. The number of nitrogens with one attached hydrogen (secondary N) is 1. The van der Waals surface area contributed by atoms with E-state index in [0.717, 1.165) is 5.56 Å². The molecule has 0 spiro atoms. The second kappa shape index (κ2) is 6.69. The molecule has 1 amide bonds. The number of rotatable bonds is 3. The lowest BCUT2D eigenvalue weighted by atomic mass is 10.1. The highest BCUT2D eigenvalue weighted by atomic mass is 35.5. The third kappa shape index (κ3) is 3.68. The van der Waals surface area contributed by atoms with Crippen LogP contribution in [0.2, 0.25) is 5.02 Å². The maximum Gasteiger partial charge on any atom is 0.272 e. The molecular weight excluding hydrogens is 286 g/mol. The van der Waals surface area contributed by atoms with Gasteiger partial charge in [-0.05, 0) is 36.8 Å². The second-order valence-electron chi connectivity index (χ2n) is 4.31. The summed E-state index contributed by atoms with van der Waals surface area (Å²) in [5.41, 5.74) is 4.88. The van der Waals surface area contributed by atoms with Gasteiger partial charge in [-0.1, -0.05) is 35.9 Å². The zero-order valence-corrected chi connectivity index (χ0v) is 12.1. The van der Waals surface area contributed by atoms with Gasteiger partial charge in [0.05, 0.1) is 27.9 Å². The van der Waals surface area contributed by atoms with Gasteiger partial charge in [-0.2, -0.15) is 10.4 Å². The Morgan fingerprint density at radius 3 is 2.48 bits per heavy atom. The van der Waals surface area contributed by atoms with Gasteiger partial charge in [-0.3, -0.25) is 4.79 Å². The van der Waals surface area contributed by atoms with Gasteiger partial charge in [0.2, 0.25) is 0 Å². The van der Waals surface area contributed by atoms with Crippen molar-refractivity contribution in [3.05, 3.63) is 70.2 Å². The SMILES string of the molecule is C/C(=N\NC(=O)c1ccccc1Cl)c1ccc(C#N)cc1. The Balaban J connectivity index is 2.11. The van der Waals surface area contributed by atoms with Gasteiger partial charge in [0.25, 0.3) is 5.91 Å². The maximum absolute atomic E-state index is 12.0. The Morgan fingerprint density at radius 1 is 1.19 bits per heavy atom. The smallest absolute Gasteiger partial charge is 0.267 e. The second-order valence-corrected chi connectivity index (χ2v) is 4.71. The van der Waals surface area contributed by atoms with E-state index in [1.54, 1.807) is 55.5 Å². The molecule has 0 saturated carbocycles. The minimum atomic E-state index is -0.367. The summed E-state index contributed by atoms with van der Waals surface area (Å²) in [6.45, 7) is 1.77. The van der Waals surface area contributed by atoms with Crippen molar-refractivity contribution in [2.75, 3.05) is 0 Å². The van der Waals surface area contributed by atoms with Crippen LogP contribution in [0.25, 0.3) is 0 Å². The number of nitriles is 1. The van der Waals surface area contributed by atoms with E-state index in [-0.39, 0.29) is 5.91 Å². The highest BCUT2D eigenvalue weighted by Gasteiger charge is 2.08. The topological polar surface area (TPSA) is 65.2 Å². The molecule has 0 aliphatic heterocycles. The lowest BCUT2D eigenvalue weighted by Gasteiger charge is -2.04. The lowest BCUT2D eigenvalue weighted by Crippen LogP contribution is -2.19. The van der Waals surface area contributed by atoms with Crippen LogP contribution in [-0.2, 0) is 0 Å². The van der Waals surface area contributed by atoms with E-state index in [1.807, 2.05) is 6.07 Å². The Labute approximate surface area is 127 Å². The van der Waals surface area contributed by atoms with Crippen LogP contribution in [-0.4, -0.2) is 11.6 Å². The Hall–Kier alpha value is -2.64. The van der Waals surface area contributed by atoms with E-state index in [1.165, 1.54) is 0 Å². The highest BCUT2D eigenvalue weighted by Crippen LogP contribution is 2.14. The minimum absolute atomic E-state index is 0.367. The lowest BCUT2D eigenvalue weighted by molar-refractivity contribution is 0.0955. The van der Waals surface area contributed by atoms with Crippen molar-refractivity contribution < 1.29 is 4.79 Å². The van der Waals surface area contributed by atoms with Gasteiger partial charge in [-0.15, -0.1) is 0 Å². The van der Waals surface area contributed by atoms with Crippen LogP contribution in [0.4, 0.5) is 0 Å². The minimum Gasteiger partial charge on any atom is -0.267 e. The maximum atomic E-state index is 12.0. The molecule has 0 aromatic heterocycles. The van der Waals surface area contributed by atoms with Crippen molar-refractivity contribution >= 4 is 23.2 Å². The van der Waals surface area contributed by atoms with Crippen LogP contribution in [0.15, 0.2) is 53.6 Å². The van der Waals surface area contributed by atoms with Crippen molar-refractivity contribution in [2.45, 2.75) is 6.92 Å². The molecule has 0 bridgehead atoms. The number of halogens is 1. The summed E-state index contributed by atoms with van der Waals surface area (Å²) >= 11 is 5.94. The van der Waals surface area contributed by atoms with E-state index >= 15 is 0 Å². The molecular formula is C16H12ClN3O. The van der Waals surface area contributed by atoms with Crippen LogP contribution in [0.1, 0.15) is 28.4 Å². The third-order valence-corrected chi connectivity index (χ3v) is 3.20. The van der Waals surface area contributed by atoms with Gasteiger partial charge in [-0.25, -0.2) is 5.43 Å². The van der Waals surface area contributed by atoms with Crippen LogP contribution in [0.5, 0.6) is 0 Å². The van der Waals surface area contributed by atoms with Crippen molar-refractivity contribution in [1.82, 2.24) is 5.43 Å². The number of hydrogen-bond acceptors (Lipinski definition) is 3. The average molecular weight is 298 g/mol. The first kappa shape index (κ1) is 14.8. The molecule has 4 nitrogen and oxygen atoms in total. The van der Waals surface area contributed by atoms with Crippen molar-refractivity contribution in [2.24, 2.45) is 5.10 Å². The van der Waals surface area contributed by atoms with Gasteiger partial charge < -0.3 is 0 Å². The Morgan fingerprint density at radius 2 is 1.86 bits per heavy atom. The summed E-state index contributed by atoms with van der Waals surface area (Å²) in [7, 11) is 0. The highest BCUT2D eigenvalue weighted by molar-refractivity contribution is 6.33. The summed E-state index contributed by atoms with van der Waals surface area (Å²) in [4.78, 5) is 12.0. The number of hydrogen-bond donors (Lipinski definition) is 1. The van der Waals surface area contributed by atoms with Crippen LogP contribution in [0, 0.1) is 11.3 Å². The summed E-state index contributed by atoms with van der Waals surface area (Å²) in [6, 6.07) is 15.8. The molecule has 2 rings (SSSR count). The van der Waals surface area contributed by atoms with E-state index in [9.17, 15) is 4.79 Å². The zero-order valence-electron chi connectivity index (χ0n) is 11.3. The number of carbonyl (C=O) groups is 1. The first-order valence-electron chi connectivity index (χ1n) is 6.21. The zero-order chi connectivity index (χ0) is 15.2. The van der Waals surface area contributed by atoms with Gasteiger partial charge >= 0.3 is 0 Å². The van der Waals surface area contributed by atoms with Crippen LogP contribution < -0.4 is 5.43 Å². The molecule has 0 saturated heterocycles. The molecule has 0 fully saturated rings. The molecule has 21 heavy (non-hydrogen) atoms. The van der Waals surface area contributed by atoms with Gasteiger partial charge in [0, 0.05) is 0 Å². The third-order valence-electron chi connectivity index (χ3n) is 2.88. The van der Waals surface area contributed by atoms with E-state index in [2.05, 4.69) is 10.5 Å². The molecule has 2 aromatic carbocycles. The molecule has 0 aliphatic carbocycles. The van der Waals surface area contributed by atoms with E-state index in [4.69, 9.17) is 16.9 Å². The molecule has 0 radical (unpaired) electrons. The van der Waals surface area contributed by atoms with Crippen molar-refractivity contribution in [3.8, 4) is 6.07 Å². The molecule has 0 heterocycles. The molecule has 0 atom stereocenters. The molecule has 5 heteroatoms. The first-order chi connectivity index (χ1) is 10.1. The Bertz CT molecular complexity index is 730. The number of benzene rings is 2. The molecule has 0 aliphatic rings. The fourth-order valence-electron chi connectivity index (χ4n) is 1.69. The van der Waals surface area contributed by atoms with E-state index in [0.29, 0.717) is 21.9 Å². The predicted molar refractivity (Wildman–Crippen MR) is 82.3 cm³/mol. The van der Waals surface area contributed by atoms with Crippen molar-refractivity contribution in [3.63, 3.8) is 0 Å². The largest absolute Gasteiger partial charge is 0.272 e. The fourth-order valence-corrected chi connectivity index (χ4v) is 1.91. The normalized spacial score (nSPS) is 10.8. The van der Waals surface area contributed by atoms with Gasteiger partial charge in [0.15, 0.2) is 0 Å². The molecule has 0 unspecified atom stereocenters. The quantitative estimate of drug-likeness (QED) is 0.697. The number of nitrogens with zero attached hydrogens (tertiary/aromatic N) is 2. The number of amides is 1. The summed E-state index contributed by atoms with van der Waals surface area (Å²) < 4.78 is 0. The van der Waals surface area contributed by atoms with Gasteiger partial charge in [0.1, 0.15) is 0 Å². The number of carbonyl (C=O) groups excluding carboxylic acids is 1. The molecule has 1 N–H and O–H groups in total. The number of hydrazone groups is 1. The van der Waals surface area contributed by atoms with E-state index < -0.39 is 0 Å². The van der Waals surface area contributed by atoms with Crippen LogP contribution in [0.3, 0.4) is 0 Å². The first-order valence-corrected chi connectivity index (χ1v) is 6.59. The predicted octanol–water partition coefficient (Wildman–Crippen LogP) is 3.37. The summed E-state index contributed by atoms with van der Waals surface area (Å²) in [6.07, 6.45) is 0. The average Bonchev–Trinajstić information content (AvgIpc) is 2.52. The standard InChI is InChI=1S/C16H12ClN3O/c1-11(13-8-6-12(10-18)7-9-13)19-20-16(21)14-4-2-3-5-15(14)17/h2-9H,1H3,(H,20,21)/b19-11+. The monoisotopic (exact) mass is 297 g/mol. The fraction of sp³-hybridized carbons (Fsp3) is 0.0625. The van der Waals surface area contributed by atoms with Crippen LogP contribution >= 0.6 is 11.6 Å². The van der Waals surface area contributed by atoms with Crippen molar-refractivity contribution in [1.29, 1.82) is 5.26 Å². The molecule has 104 valence electrons.